The van der Waals surface area contributed by atoms with Crippen LogP contribution < -0.4 is 11.1 Å². The van der Waals surface area contributed by atoms with Crippen molar-refractivity contribution in [1.82, 2.24) is 4.98 Å². The summed E-state index contributed by atoms with van der Waals surface area (Å²) in [6.45, 7) is 0. The summed E-state index contributed by atoms with van der Waals surface area (Å²) in [5.41, 5.74) is 6.70. The highest BCUT2D eigenvalue weighted by Gasteiger charge is 2.06. The number of rotatable bonds is 4. The molecule has 0 fully saturated rings. The topological polar surface area (TPSA) is 105 Å². The van der Waals surface area contributed by atoms with E-state index in [1.807, 2.05) is 0 Å². The second-order valence-electron chi connectivity index (χ2n) is 3.80. The summed E-state index contributed by atoms with van der Waals surface area (Å²) in [7, 11) is 0. The van der Waals surface area contributed by atoms with Gasteiger partial charge in [0, 0.05) is 23.1 Å². The second-order valence-corrected chi connectivity index (χ2v) is 3.80. The number of carbonyl (C=O) groups excluding carboxylic acids is 1. The first kappa shape index (κ1) is 12.6. The Labute approximate surface area is 108 Å². The Morgan fingerprint density at radius 3 is 2.58 bits per heavy atom. The van der Waals surface area contributed by atoms with Crippen LogP contribution in [0.1, 0.15) is 20.8 Å². The number of hydrogen-bond donors (Lipinski definition) is 3. The number of nitrogens with two attached hydrogens (primary N) is 1. The number of nitrogens with one attached hydrogen (secondary N) is 1. The maximum absolute atomic E-state index is 11.1. The largest absolute Gasteiger partial charge is 0.477 e. The molecular weight excluding hydrogens is 246 g/mol. The van der Waals surface area contributed by atoms with Crippen LogP contribution in [0, 0.1) is 0 Å². The molecule has 6 heteroatoms. The lowest BCUT2D eigenvalue weighted by molar-refractivity contribution is 0.0690. The van der Waals surface area contributed by atoms with E-state index >= 15 is 0 Å². The van der Waals surface area contributed by atoms with Gasteiger partial charge in [-0.25, -0.2) is 9.78 Å². The van der Waals surface area contributed by atoms with Gasteiger partial charge in [0.15, 0.2) is 0 Å². The number of benzene rings is 1. The number of pyridine rings is 1. The van der Waals surface area contributed by atoms with Gasteiger partial charge in [-0.15, -0.1) is 0 Å². The predicted molar refractivity (Wildman–Crippen MR) is 69.4 cm³/mol. The van der Waals surface area contributed by atoms with E-state index in [9.17, 15) is 9.59 Å². The van der Waals surface area contributed by atoms with Crippen LogP contribution in [0.5, 0.6) is 0 Å². The lowest BCUT2D eigenvalue weighted by atomic mass is 10.2. The van der Waals surface area contributed by atoms with Crippen LogP contribution in [0.2, 0.25) is 0 Å². The lowest BCUT2D eigenvalue weighted by Crippen LogP contribution is -2.10. The zero-order chi connectivity index (χ0) is 13.8. The van der Waals surface area contributed by atoms with Gasteiger partial charge in [-0.1, -0.05) is 6.07 Å². The van der Waals surface area contributed by atoms with Crippen molar-refractivity contribution in [2.45, 2.75) is 0 Å². The fourth-order valence-electron chi connectivity index (χ4n) is 1.54. The van der Waals surface area contributed by atoms with Crippen molar-refractivity contribution in [3.8, 4) is 0 Å². The van der Waals surface area contributed by atoms with Gasteiger partial charge in [0.25, 0.3) is 0 Å². The van der Waals surface area contributed by atoms with Gasteiger partial charge in [-0.05, 0) is 30.3 Å². The third-order valence-electron chi connectivity index (χ3n) is 2.41. The van der Waals surface area contributed by atoms with Crippen LogP contribution in [0.15, 0.2) is 42.6 Å². The molecule has 0 aliphatic rings. The molecule has 2 rings (SSSR count). The van der Waals surface area contributed by atoms with Crippen molar-refractivity contribution in [3.63, 3.8) is 0 Å². The van der Waals surface area contributed by atoms with E-state index in [4.69, 9.17) is 10.8 Å². The Kier molecular flexibility index (Phi) is 3.42. The van der Waals surface area contributed by atoms with Crippen LogP contribution in [-0.4, -0.2) is 22.0 Å². The third-order valence-corrected chi connectivity index (χ3v) is 2.41. The summed E-state index contributed by atoms with van der Waals surface area (Å²) in [5.74, 6) is -1.63. The third kappa shape index (κ3) is 3.06. The molecule has 0 radical (unpaired) electrons. The summed E-state index contributed by atoms with van der Waals surface area (Å²) in [5, 5.41) is 11.8. The maximum atomic E-state index is 11.1. The molecule has 0 spiro atoms. The molecule has 0 unspecified atom stereocenters. The molecule has 0 saturated heterocycles. The minimum absolute atomic E-state index is 0.0592. The molecule has 2 aromatic rings. The molecule has 0 aliphatic carbocycles. The molecular formula is C13H11N3O3. The summed E-state index contributed by atoms with van der Waals surface area (Å²) in [6.07, 6.45) is 1.39. The Morgan fingerprint density at radius 2 is 1.89 bits per heavy atom. The van der Waals surface area contributed by atoms with Crippen molar-refractivity contribution < 1.29 is 14.7 Å². The lowest BCUT2D eigenvalue weighted by Gasteiger charge is -2.07. The first-order valence-corrected chi connectivity index (χ1v) is 5.42. The van der Waals surface area contributed by atoms with Gasteiger partial charge in [-0.2, -0.15) is 0 Å². The van der Waals surface area contributed by atoms with Crippen LogP contribution in [0.4, 0.5) is 11.4 Å². The van der Waals surface area contributed by atoms with E-state index in [0.717, 1.165) is 0 Å². The van der Waals surface area contributed by atoms with Gasteiger partial charge in [0.2, 0.25) is 5.91 Å². The van der Waals surface area contributed by atoms with Crippen molar-refractivity contribution in [3.05, 3.63) is 53.9 Å². The summed E-state index contributed by atoms with van der Waals surface area (Å²) < 4.78 is 0. The Balaban J connectivity index is 2.26. The fourth-order valence-corrected chi connectivity index (χ4v) is 1.54. The molecule has 1 aromatic heterocycles. The first-order chi connectivity index (χ1) is 9.06. The van der Waals surface area contributed by atoms with E-state index in [1.165, 1.54) is 12.3 Å². The van der Waals surface area contributed by atoms with Crippen molar-refractivity contribution in [2.24, 2.45) is 5.73 Å². The highest BCUT2D eigenvalue weighted by Crippen LogP contribution is 2.17. The van der Waals surface area contributed by atoms with Crippen LogP contribution in [0.25, 0.3) is 0 Å². The van der Waals surface area contributed by atoms with Crippen LogP contribution >= 0.6 is 0 Å². The minimum Gasteiger partial charge on any atom is -0.477 e. The van der Waals surface area contributed by atoms with Gasteiger partial charge in [0.1, 0.15) is 5.69 Å². The number of hydrogen-bond acceptors (Lipinski definition) is 4. The number of amides is 1. The van der Waals surface area contributed by atoms with E-state index in [0.29, 0.717) is 16.9 Å². The van der Waals surface area contributed by atoms with Gasteiger partial charge < -0.3 is 16.2 Å². The summed E-state index contributed by atoms with van der Waals surface area (Å²) >= 11 is 0. The fraction of sp³-hybridized carbons (Fsp3) is 0. The quantitative estimate of drug-likeness (QED) is 0.771. The molecule has 0 atom stereocenters. The monoisotopic (exact) mass is 257 g/mol. The zero-order valence-electron chi connectivity index (χ0n) is 9.83. The standard InChI is InChI=1S/C13H11N3O3/c14-12(17)8-2-1-3-9(6-8)16-10-4-5-15-11(7-10)13(18)19/h1-7H,(H2,14,17)(H,15,16)(H,18,19). The number of nitrogens with zero attached hydrogens (tertiary/aromatic N) is 1. The Hall–Kier alpha value is -2.89. The number of carbonyl (C=O) groups is 2. The zero-order valence-corrected chi connectivity index (χ0v) is 9.83. The number of carboxylic acid groups (broad SMARTS) is 1. The normalized spacial score (nSPS) is 9.89. The number of carboxylic acids is 1. The van der Waals surface area contributed by atoms with E-state index in [1.54, 1.807) is 30.3 Å². The highest BCUT2D eigenvalue weighted by atomic mass is 16.4. The average molecular weight is 257 g/mol. The number of aromatic carboxylic acids is 1. The number of primary amides is 1. The smallest absolute Gasteiger partial charge is 0.354 e. The van der Waals surface area contributed by atoms with E-state index in [2.05, 4.69) is 10.3 Å². The predicted octanol–water partition coefficient (Wildman–Crippen LogP) is 1.62. The van der Waals surface area contributed by atoms with Gasteiger partial charge in [0.05, 0.1) is 0 Å². The van der Waals surface area contributed by atoms with Crippen molar-refractivity contribution >= 4 is 23.3 Å². The average Bonchev–Trinajstić information content (AvgIpc) is 2.39. The molecule has 1 aromatic carbocycles. The van der Waals surface area contributed by atoms with E-state index in [-0.39, 0.29) is 5.69 Å². The molecule has 0 aliphatic heterocycles. The Morgan fingerprint density at radius 1 is 1.16 bits per heavy atom. The Bertz CT molecular complexity index is 585. The SMILES string of the molecule is NC(=O)c1cccc(Nc2ccnc(C(=O)O)c2)c1. The highest BCUT2D eigenvalue weighted by molar-refractivity contribution is 5.94. The van der Waals surface area contributed by atoms with Crippen LogP contribution in [0.3, 0.4) is 0 Å². The molecule has 0 saturated carbocycles. The molecule has 96 valence electrons. The van der Waals surface area contributed by atoms with Crippen molar-refractivity contribution in [1.29, 1.82) is 0 Å². The molecule has 1 amide bonds. The molecule has 4 N–H and O–H groups in total. The molecule has 1 heterocycles. The van der Waals surface area contributed by atoms with Gasteiger partial charge >= 0.3 is 5.97 Å². The molecule has 0 bridgehead atoms. The summed E-state index contributed by atoms with van der Waals surface area (Å²) in [6, 6.07) is 9.64. The number of anilines is 2. The number of aromatic nitrogens is 1. The second kappa shape index (κ2) is 5.18. The van der Waals surface area contributed by atoms with E-state index < -0.39 is 11.9 Å². The van der Waals surface area contributed by atoms with Crippen molar-refractivity contribution in [2.75, 3.05) is 5.32 Å². The van der Waals surface area contributed by atoms with Crippen LogP contribution in [-0.2, 0) is 0 Å². The van der Waals surface area contributed by atoms with Gasteiger partial charge in [-0.3, -0.25) is 4.79 Å². The summed E-state index contributed by atoms with van der Waals surface area (Å²) in [4.78, 5) is 25.6. The first-order valence-electron chi connectivity index (χ1n) is 5.42. The maximum Gasteiger partial charge on any atom is 0.354 e. The molecule has 19 heavy (non-hydrogen) atoms. The minimum atomic E-state index is -1.10. The molecule has 6 nitrogen and oxygen atoms in total.